The third-order valence-corrected chi connectivity index (χ3v) is 3.91. The highest BCUT2D eigenvalue weighted by atomic mass is 32.2. The first-order valence-corrected chi connectivity index (χ1v) is 9.19. The largest absolute Gasteiger partial charge is 0.341 e. The Morgan fingerprint density at radius 1 is 1.29 bits per heavy atom. The lowest BCUT2D eigenvalue weighted by atomic mass is 10.1. The topological polar surface area (TPSA) is 128 Å². The molecule has 0 aliphatic heterocycles. The molecule has 0 saturated carbocycles. The highest BCUT2D eigenvalue weighted by Crippen LogP contribution is 2.03. The van der Waals surface area contributed by atoms with Crippen LogP contribution in [0.5, 0.6) is 0 Å². The van der Waals surface area contributed by atoms with Crippen molar-refractivity contribution in [2.45, 2.75) is 19.5 Å². The number of rotatable bonds is 7. The molecule has 3 N–H and O–H groups in total. The van der Waals surface area contributed by atoms with Gasteiger partial charge < -0.3 is 16.0 Å². The Morgan fingerprint density at radius 2 is 2.00 bits per heavy atom. The van der Waals surface area contributed by atoms with Gasteiger partial charge in [-0.1, -0.05) is 29.8 Å². The van der Waals surface area contributed by atoms with Gasteiger partial charge in [0.25, 0.3) is 0 Å². The fourth-order valence-electron chi connectivity index (χ4n) is 1.95. The van der Waals surface area contributed by atoms with E-state index < -0.39 is 33.6 Å². The zero-order chi connectivity index (χ0) is 18.2. The van der Waals surface area contributed by atoms with E-state index in [1.807, 2.05) is 31.2 Å². The molecular formula is C15H20N4O4S. The number of nitriles is 1. The summed E-state index contributed by atoms with van der Waals surface area (Å²) < 4.78 is 22.8. The van der Waals surface area contributed by atoms with E-state index in [1.54, 1.807) is 6.07 Å². The second-order valence-corrected chi connectivity index (χ2v) is 7.52. The molecule has 1 rings (SSSR count). The number of sulfone groups is 1. The molecule has 0 heterocycles. The molecule has 3 amide bonds. The minimum Gasteiger partial charge on any atom is -0.341 e. The van der Waals surface area contributed by atoms with Crippen molar-refractivity contribution in [3.8, 4) is 6.07 Å². The molecule has 0 fully saturated rings. The number of carbonyl (C=O) groups is 2. The van der Waals surface area contributed by atoms with Crippen LogP contribution in [-0.4, -0.2) is 45.0 Å². The van der Waals surface area contributed by atoms with Gasteiger partial charge in [0.15, 0.2) is 0 Å². The van der Waals surface area contributed by atoms with Crippen molar-refractivity contribution in [2.24, 2.45) is 0 Å². The first-order valence-electron chi connectivity index (χ1n) is 7.13. The van der Waals surface area contributed by atoms with E-state index in [-0.39, 0.29) is 13.1 Å². The monoisotopic (exact) mass is 352 g/mol. The molecule has 1 aromatic carbocycles. The summed E-state index contributed by atoms with van der Waals surface area (Å²) in [5.74, 6) is -1.28. The van der Waals surface area contributed by atoms with Crippen LogP contribution >= 0.6 is 0 Å². The maximum Gasteiger partial charge on any atom is 0.315 e. The van der Waals surface area contributed by atoms with Crippen LogP contribution in [0.25, 0.3) is 0 Å². The van der Waals surface area contributed by atoms with Gasteiger partial charge in [-0.2, -0.15) is 5.26 Å². The molecule has 1 atom stereocenters. The predicted molar refractivity (Wildman–Crippen MR) is 88.7 cm³/mol. The minimum absolute atomic E-state index is 0.235. The van der Waals surface area contributed by atoms with Gasteiger partial charge >= 0.3 is 6.03 Å². The molecule has 1 unspecified atom stereocenters. The van der Waals surface area contributed by atoms with E-state index in [4.69, 9.17) is 5.26 Å². The van der Waals surface area contributed by atoms with Gasteiger partial charge in [0.2, 0.25) is 5.91 Å². The summed E-state index contributed by atoms with van der Waals surface area (Å²) in [4.78, 5) is 23.8. The molecule has 0 spiro atoms. The maximum atomic E-state index is 11.9. The number of carbonyl (C=O) groups excluding carboxylic acids is 2. The first-order chi connectivity index (χ1) is 11.2. The van der Waals surface area contributed by atoms with E-state index in [0.29, 0.717) is 0 Å². The van der Waals surface area contributed by atoms with Gasteiger partial charge in [0, 0.05) is 12.8 Å². The molecule has 130 valence electrons. The summed E-state index contributed by atoms with van der Waals surface area (Å²) >= 11 is 0. The zero-order valence-electron chi connectivity index (χ0n) is 13.5. The van der Waals surface area contributed by atoms with Crippen molar-refractivity contribution in [3.05, 3.63) is 35.4 Å². The number of aryl methyl sites for hydroxylation is 1. The van der Waals surface area contributed by atoms with Crippen LogP contribution in [0, 0.1) is 18.3 Å². The zero-order valence-corrected chi connectivity index (χ0v) is 14.3. The van der Waals surface area contributed by atoms with E-state index in [9.17, 15) is 18.0 Å². The summed E-state index contributed by atoms with van der Waals surface area (Å²) in [5.41, 5.74) is 1.92. The van der Waals surface area contributed by atoms with Gasteiger partial charge in [-0.05, 0) is 12.5 Å². The Hall–Kier alpha value is -2.60. The molecule has 9 heteroatoms. The SMILES string of the molecule is Cc1cccc(CNC(=O)NC(CS(C)(=O)=O)C(=O)NCC#N)c1. The van der Waals surface area contributed by atoms with Gasteiger partial charge in [-0.3, -0.25) is 4.79 Å². The van der Waals surface area contributed by atoms with Crippen molar-refractivity contribution in [1.82, 2.24) is 16.0 Å². The van der Waals surface area contributed by atoms with Gasteiger partial charge in [0.05, 0.1) is 11.8 Å². The van der Waals surface area contributed by atoms with E-state index in [2.05, 4.69) is 16.0 Å². The number of hydrogen-bond donors (Lipinski definition) is 3. The Bertz CT molecular complexity index is 740. The molecular weight excluding hydrogens is 332 g/mol. The predicted octanol–water partition coefficient (Wildman–Crippen LogP) is -0.153. The third kappa shape index (κ3) is 7.60. The molecule has 0 aromatic heterocycles. The highest BCUT2D eigenvalue weighted by Gasteiger charge is 2.24. The Morgan fingerprint density at radius 3 is 2.58 bits per heavy atom. The van der Waals surface area contributed by atoms with Gasteiger partial charge in [-0.25, -0.2) is 13.2 Å². The van der Waals surface area contributed by atoms with Crippen LogP contribution in [0.1, 0.15) is 11.1 Å². The number of urea groups is 1. The van der Waals surface area contributed by atoms with Crippen molar-refractivity contribution in [2.75, 3.05) is 18.6 Å². The van der Waals surface area contributed by atoms with Crippen LogP contribution in [-0.2, 0) is 21.2 Å². The number of nitrogens with zero attached hydrogens (tertiary/aromatic N) is 1. The highest BCUT2D eigenvalue weighted by molar-refractivity contribution is 7.90. The molecule has 0 bridgehead atoms. The molecule has 8 nitrogen and oxygen atoms in total. The summed E-state index contributed by atoms with van der Waals surface area (Å²) in [6.07, 6.45) is 0.962. The summed E-state index contributed by atoms with van der Waals surface area (Å²) in [5, 5.41) is 15.6. The van der Waals surface area contributed by atoms with Crippen LogP contribution in [0.2, 0.25) is 0 Å². The van der Waals surface area contributed by atoms with E-state index in [0.717, 1.165) is 17.4 Å². The van der Waals surface area contributed by atoms with E-state index >= 15 is 0 Å². The van der Waals surface area contributed by atoms with Crippen molar-refractivity contribution < 1.29 is 18.0 Å². The molecule has 24 heavy (non-hydrogen) atoms. The van der Waals surface area contributed by atoms with Crippen molar-refractivity contribution in [1.29, 1.82) is 5.26 Å². The number of nitrogens with one attached hydrogen (secondary N) is 3. The van der Waals surface area contributed by atoms with Crippen LogP contribution in [0.4, 0.5) is 4.79 Å². The minimum atomic E-state index is -3.50. The van der Waals surface area contributed by atoms with Gasteiger partial charge in [0.1, 0.15) is 22.4 Å². The van der Waals surface area contributed by atoms with E-state index in [1.165, 1.54) is 0 Å². The Balaban J connectivity index is 2.65. The van der Waals surface area contributed by atoms with Crippen LogP contribution in [0.3, 0.4) is 0 Å². The quantitative estimate of drug-likeness (QED) is 0.588. The maximum absolute atomic E-state index is 11.9. The average molecular weight is 352 g/mol. The van der Waals surface area contributed by atoms with Crippen LogP contribution in [0.15, 0.2) is 24.3 Å². The smallest absolute Gasteiger partial charge is 0.315 e. The molecule has 0 radical (unpaired) electrons. The third-order valence-electron chi connectivity index (χ3n) is 2.97. The first kappa shape index (κ1) is 19.4. The fourth-order valence-corrected chi connectivity index (χ4v) is 2.79. The summed E-state index contributed by atoms with van der Waals surface area (Å²) in [6, 6.07) is 7.28. The summed E-state index contributed by atoms with van der Waals surface area (Å²) in [7, 11) is -3.50. The molecule has 0 saturated heterocycles. The Kier molecular flexibility index (Phi) is 7.20. The lowest BCUT2D eigenvalue weighted by Crippen LogP contribution is -2.52. The normalized spacial score (nSPS) is 11.9. The number of hydrogen-bond acceptors (Lipinski definition) is 5. The fraction of sp³-hybridized carbons (Fsp3) is 0.400. The molecule has 0 aliphatic rings. The lowest BCUT2D eigenvalue weighted by molar-refractivity contribution is -0.122. The standard InChI is InChI=1S/C15H20N4O4S/c1-11-4-3-5-12(8-11)9-18-15(21)19-13(10-24(2,22)23)14(20)17-7-6-16/h3-5,8,13H,7,9-10H2,1-2H3,(H,17,20)(H2,18,19,21). The lowest BCUT2D eigenvalue weighted by Gasteiger charge is -2.17. The molecule has 0 aliphatic carbocycles. The number of amides is 3. The average Bonchev–Trinajstić information content (AvgIpc) is 2.48. The Labute approximate surface area is 141 Å². The van der Waals surface area contributed by atoms with Crippen molar-refractivity contribution in [3.63, 3.8) is 0 Å². The summed E-state index contributed by atoms with van der Waals surface area (Å²) in [6.45, 7) is 1.88. The number of benzene rings is 1. The second-order valence-electron chi connectivity index (χ2n) is 5.34. The molecule has 1 aromatic rings. The van der Waals surface area contributed by atoms with Crippen molar-refractivity contribution >= 4 is 21.8 Å². The van der Waals surface area contributed by atoms with Gasteiger partial charge in [-0.15, -0.1) is 0 Å². The van der Waals surface area contributed by atoms with Crippen LogP contribution < -0.4 is 16.0 Å². The second kappa shape index (κ2) is 8.88.